The van der Waals surface area contributed by atoms with E-state index >= 15 is 0 Å². The van der Waals surface area contributed by atoms with Crippen LogP contribution in [0.4, 0.5) is 0 Å². The summed E-state index contributed by atoms with van der Waals surface area (Å²) in [7, 11) is 0. The van der Waals surface area contributed by atoms with Crippen molar-refractivity contribution in [1.29, 1.82) is 0 Å². The number of nitrogens with one attached hydrogen (secondary N) is 1. The molecule has 0 saturated heterocycles. The Balaban J connectivity index is 2.05. The monoisotopic (exact) mass is 197 g/mol. The fourth-order valence-corrected chi connectivity index (χ4v) is 1.11. The molecule has 0 spiro atoms. The normalized spacial score (nSPS) is 13.4. The minimum absolute atomic E-state index is 0.257. The van der Waals surface area contributed by atoms with Crippen molar-refractivity contribution in [3.63, 3.8) is 0 Å². The second kappa shape index (κ2) is 5.78. The first-order valence-corrected chi connectivity index (χ1v) is 5.06. The van der Waals surface area contributed by atoms with E-state index < -0.39 is 0 Å². The Morgan fingerprint density at radius 1 is 1.50 bits per heavy atom. The summed E-state index contributed by atoms with van der Waals surface area (Å²) in [5.41, 5.74) is 0. The fraction of sp³-hybridized carbons (Fsp3) is 0.700. The van der Waals surface area contributed by atoms with Crippen LogP contribution < -0.4 is 5.32 Å². The molecule has 0 aliphatic rings. The Morgan fingerprint density at radius 2 is 2.29 bits per heavy atom. The van der Waals surface area contributed by atoms with Crippen molar-refractivity contribution in [2.24, 2.45) is 5.92 Å². The maximum atomic E-state index is 9.50. The van der Waals surface area contributed by atoms with Crippen molar-refractivity contribution >= 4 is 0 Å². The second-order valence-electron chi connectivity index (χ2n) is 3.78. The third-order valence-corrected chi connectivity index (χ3v) is 2.20. The van der Waals surface area contributed by atoms with Crippen molar-refractivity contribution in [2.45, 2.75) is 26.5 Å². The molecule has 1 atom stereocenters. The van der Waals surface area contributed by atoms with Gasteiger partial charge >= 0.3 is 0 Å². The summed E-state index contributed by atoms with van der Waals surface area (Å²) in [6.07, 6.45) is 3.44. The SMILES string of the molecule is CC(C)C(O)CNCCn1cccn1. The number of aliphatic hydroxyl groups excluding tert-OH is 1. The summed E-state index contributed by atoms with van der Waals surface area (Å²) < 4.78 is 1.87. The van der Waals surface area contributed by atoms with Gasteiger partial charge in [-0.1, -0.05) is 13.8 Å². The van der Waals surface area contributed by atoms with Gasteiger partial charge in [-0.15, -0.1) is 0 Å². The van der Waals surface area contributed by atoms with Crippen LogP contribution in [0.1, 0.15) is 13.8 Å². The van der Waals surface area contributed by atoms with Gasteiger partial charge < -0.3 is 10.4 Å². The van der Waals surface area contributed by atoms with Gasteiger partial charge in [0.25, 0.3) is 0 Å². The van der Waals surface area contributed by atoms with E-state index in [1.54, 1.807) is 6.20 Å². The van der Waals surface area contributed by atoms with Gasteiger partial charge in [0.15, 0.2) is 0 Å². The van der Waals surface area contributed by atoms with Gasteiger partial charge in [0.2, 0.25) is 0 Å². The standard InChI is InChI=1S/C10H19N3O/c1-9(2)10(14)8-11-5-7-13-6-3-4-12-13/h3-4,6,9-11,14H,5,7-8H2,1-2H3. The number of nitrogens with zero attached hydrogens (tertiary/aromatic N) is 2. The minimum Gasteiger partial charge on any atom is -0.392 e. The molecular weight excluding hydrogens is 178 g/mol. The van der Waals surface area contributed by atoms with Crippen molar-refractivity contribution in [1.82, 2.24) is 15.1 Å². The summed E-state index contributed by atoms with van der Waals surface area (Å²) in [6.45, 7) is 6.36. The molecular formula is C10H19N3O. The van der Waals surface area contributed by atoms with Crippen molar-refractivity contribution < 1.29 is 5.11 Å². The zero-order chi connectivity index (χ0) is 10.4. The van der Waals surface area contributed by atoms with E-state index in [9.17, 15) is 5.11 Å². The number of aromatic nitrogens is 2. The van der Waals surface area contributed by atoms with Gasteiger partial charge in [0, 0.05) is 25.5 Å². The molecule has 0 saturated carbocycles. The molecule has 4 heteroatoms. The Hall–Kier alpha value is -0.870. The molecule has 1 heterocycles. The van der Waals surface area contributed by atoms with Crippen LogP contribution in [0, 0.1) is 5.92 Å². The molecule has 1 unspecified atom stereocenters. The summed E-state index contributed by atoms with van der Waals surface area (Å²) in [5.74, 6) is 0.312. The van der Waals surface area contributed by atoms with E-state index in [1.165, 1.54) is 0 Å². The first-order chi connectivity index (χ1) is 6.70. The highest BCUT2D eigenvalue weighted by Gasteiger charge is 2.07. The Kier molecular flexibility index (Phi) is 4.62. The van der Waals surface area contributed by atoms with E-state index in [0.29, 0.717) is 12.5 Å². The first kappa shape index (κ1) is 11.2. The highest BCUT2D eigenvalue weighted by atomic mass is 16.3. The molecule has 0 bridgehead atoms. The molecule has 0 radical (unpaired) electrons. The maximum absolute atomic E-state index is 9.50. The molecule has 1 aromatic heterocycles. The molecule has 0 amide bonds. The van der Waals surface area contributed by atoms with E-state index in [-0.39, 0.29) is 6.10 Å². The summed E-state index contributed by atoms with van der Waals surface area (Å²) in [5, 5.41) is 16.8. The lowest BCUT2D eigenvalue weighted by Gasteiger charge is -2.14. The molecule has 1 aromatic rings. The summed E-state index contributed by atoms with van der Waals surface area (Å²) >= 11 is 0. The van der Waals surface area contributed by atoms with Crippen LogP contribution in [0.15, 0.2) is 18.5 Å². The highest BCUT2D eigenvalue weighted by Crippen LogP contribution is 1.98. The predicted octanol–water partition coefficient (Wildman–Crippen LogP) is 0.490. The summed E-state index contributed by atoms with van der Waals surface area (Å²) in [4.78, 5) is 0. The van der Waals surface area contributed by atoms with Crippen molar-refractivity contribution in [2.75, 3.05) is 13.1 Å². The fourth-order valence-electron chi connectivity index (χ4n) is 1.11. The van der Waals surface area contributed by atoms with Crippen LogP contribution in [0.25, 0.3) is 0 Å². The lowest BCUT2D eigenvalue weighted by atomic mass is 10.1. The Morgan fingerprint density at radius 3 is 2.86 bits per heavy atom. The van der Waals surface area contributed by atoms with Crippen molar-refractivity contribution in [3.05, 3.63) is 18.5 Å². The predicted molar refractivity (Wildman–Crippen MR) is 55.9 cm³/mol. The Labute approximate surface area is 84.9 Å². The van der Waals surface area contributed by atoms with E-state index in [1.807, 2.05) is 30.8 Å². The topological polar surface area (TPSA) is 50.1 Å². The largest absolute Gasteiger partial charge is 0.392 e. The van der Waals surface area contributed by atoms with E-state index in [2.05, 4.69) is 10.4 Å². The average Bonchev–Trinajstić information content (AvgIpc) is 2.64. The molecule has 80 valence electrons. The van der Waals surface area contributed by atoms with E-state index in [0.717, 1.165) is 13.1 Å². The van der Waals surface area contributed by atoms with Gasteiger partial charge in [-0.2, -0.15) is 5.10 Å². The first-order valence-electron chi connectivity index (χ1n) is 5.06. The highest BCUT2D eigenvalue weighted by molar-refractivity contribution is 4.77. The van der Waals surface area contributed by atoms with Gasteiger partial charge in [-0.25, -0.2) is 0 Å². The molecule has 2 N–H and O–H groups in total. The molecule has 1 rings (SSSR count). The van der Waals surface area contributed by atoms with Gasteiger partial charge in [-0.3, -0.25) is 4.68 Å². The molecule has 0 fully saturated rings. The number of hydrogen-bond donors (Lipinski definition) is 2. The number of rotatable bonds is 6. The quantitative estimate of drug-likeness (QED) is 0.653. The van der Waals surface area contributed by atoms with Gasteiger partial charge in [0.1, 0.15) is 0 Å². The zero-order valence-corrected chi connectivity index (χ0v) is 8.85. The molecule has 0 aromatic carbocycles. The lowest BCUT2D eigenvalue weighted by molar-refractivity contribution is 0.123. The van der Waals surface area contributed by atoms with Crippen LogP contribution in [-0.4, -0.2) is 34.1 Å². The lowest BCUT2D eigenvalue weighted by Crippen LogP contribution is -2.32. The van der Waals surface area contributed by atoms with Crippen LogP contribution in [0.5, 0.6) is 0 Å². The molecule has 0 aliphatic carbocycles. The smallest absolute Gasteiger partial charge is 0.0687 e. The van der Waals surface area contributed by atoms with Crippen LogP contribution in [0.3, 0.4) is 0 Å². The van der Waals surface area contributed by atoms with Crippen molar-refractivity contribution in [3.8, 4) is 0 Å². The minimum atomic E-state index is -0.257. The molecule has 14 heavy (non-hydrogen) atoms. The van der Waals surface area contributed by atoms with Crippen LogP contribution in [-0.2, 0) is 6.54 Å². The molecule has 4 nitrogen and oxygen atoms in total. The summed E-state index contributed by atoms with van der Waals surface area (Å²) in [6, 6.07) is 1.91. The van der Waals surface area contributed by atoms with Gasteiger partial charge in [0.05, 0.1) is 12.6 Å². The average molecular weight is 197 g/mol. The Bertz CT molecular complexity index is 234. The second-order valence-corrected chi connectivity index (χ2v) is 3.78. The van der Waals surface area contributed by atoms with Gasteiger partial charge in [-0.05, 0) is 12.0 Å². The van der Waals surface area contributed by atoms with Crippen LogP contribution >= 0.6 is 0 Å². The molecule has 0 aliphatic heterocycles. The van der Waals surface area contributed by atoms with Crippen LogP contribution in [0.2, 0.25) is 0 Å². The number of hydrogen-bond acceptors (Lipinski definition) is 3. The van der Waals surface area contributed by atoms with E-state index in [4.69, 9.17) is 0 Å². The maximum Gasteiger partial charge on any atom is 0.0687 e. The number of aliphatic hydroxyl groups is 1. The third-order valence-electron chi connectivity index (χ3n) is 2.20. The third kappa shape index (κ3) is 3.89. The zero-order valence-electron chi connectivity index (χ0n) is 8.85.